The van der Waals surface area contributed by atoms with Gasteiger partial charge in [0.2, 0.25) is 17.7 Å². The zero-order valence-corrected chi connectivity index (χ0v) is 19.9. The molecule has 0 aromatic rings. The van der Waals surface area contributed by atoms with Crippen molar-refractivity contribution in [1.29, 1.82) is 0 Å². The second kappa shape index (κ2) is 8.98. The number of fused-ring (bicyclic) bond motifs is 1. The molecular formula is C22H34BrN3O5. The molecule has 3 aliphatic heterocycles. The Balaban J connectivity index is 1.67. The number of hydrogen-bond donors (Lipinski definition) is 3. The molecule has 4 fully saturated rings. The van der Waals surface area contributed by atoms with Crippen LogP contribution in [-0.4, -0.2) is 75.5 Å². The van der Waals surface area contributed by atoms with Gasteiger partial charge in [-0.15, -0.1) is 0 Å². The SMILES string of the molecule is CCCNC(=O)[C@H]1[C@H]2C(=O)N([C@H](C)CO)C(C(=O)NC3CCCCC3)C23CC(Br)[C@@H]1O3. The summed E-state index contributed by atoms with van der Waals surface area (Å²) in [6.07, 6.45) is 6.06. The van der Waals surface area contributed by atoms with Gasteiger partial charge >= 0.3 is 0 Å². The highest BCUT2D eigenvalue weighted by Gasteiger charge is 2.76. The first kappa shape index (κ1) is 23.0. The number of aliphatic hydroxyl groups excluding tert-OH is 1. The van der Waals surface area contributed by atoms with Crippen molar-refractivity contribution in [3.05, 3.63) is 0 Å². The molecular weight excluding hydrogens is 466 g/mol. The fraction of sp³-hybridized carbons (Fsp3) is 0.864. The summed E-state index contributed by atoms with van der Waals surface area (Å²) >= 11 is 3.66. The average Bonchev–Trinajstić information content (AvgIpc) is 3.35. The van der Waals surface area contributed by atoms with Gasteiger partial charge in [-0.2, -0.15) is 0 Å². The van der Waals surface area contributed by atoms with Crippen LogP contribution < -0.4 is 10.6 Å². The normalized spacial score (nSPS) is 38.3. The van der Waals surface area contributed by atoms with Crippen LogP contribution in [0.5, 0.6) is 0 Å². The number of alkyl halides is 1. The monoisotopic (exact) mass is 499 g/mol. The average molecular weight is 500 g/mol. The second-order valence-electron chi connectivity index (χ2n) is 9.58. The zero-order chi connectivity index (χ0) is 22.3. The quantitative estimate of drug-likeness (QED) is 0.454. The standard InChI is InChI=1S/C22H34BrN3O5/c1-3-9-24-19(28)15-16-21(30)26(12(2)11-27)18(22(16)10-14(23)17(15)31-22)20(29)25-13-7-5-4-6-8-13/h12-18,27H,3-11H2,1-2H3,(H,24,28)(H,25,29)/t12-,14?,15+,16+,17+,18?,22?/m1/s1. The zero-order valence-electron chi connectivity index (χ0n) is 18.3. The number of nitrogens with zero attached hydrogens (tertiary/aromatic N) is 1. The summed E-state index contributed by atoms with van der Waals surface area (Å²) in [5, 5.41) is 15.9. The molecule has 1 spiro atoms. The van der Waals surface area contributed by atoms with E-state index in [1.54, 1.807) is 6.92 Å². The molecule has 1 aliphatic carbocycles. The first-order chi connectivity index (χ1) is 14.9. The van der Waals surface area contributed by atoms with Gasteiger partial charge in [0, 0.05) is 17.4 Å². The number of ether oxygens (including phenoxy) is 1. The third-order valence-corrected chi connectivity index (χ3v) is 8.36. The minimum absolute atomic E-state index is 0.0973. The van der Waals surface area contributed by atoms with Crippen LogP contribution in [0.3, 0.4) is 0 Å². The van der Waals surface area contributed by atoms with Crippen LogP contribution in [-0.2, 0) is 19.1 Å². The van der Waals surface area contributed by atoms with Crippen LogP contribution in [0.4, 0.5) is 0 Å². The lowest BCUT2D eigenvalue weighted by Gasteiger charge is -2.37. The smallest absolute Gasteiger partial charge is 0.246 e. The minimum Gasteiger partial charge on any atom is -0.394 e. The Hall–Kier alpha value is -1.19. The number of carbonyl (C=O) groups excluding carboxylic acids is 3. The lowest BCUT2D eigenvalue weighted by atomic mass is 9.70. The maximum absolute atomic E-state index is 13.6. The molecule has 3 heterocycles. The number of rotatable bonds is 7. The van der Waals surface area contributed by atoms with E-state index in [2.05, 4.69) is 26.6 Å². The molecule has 0 aromatic heterocycles. The van der Waals surface area contributed by atoms with Crippen molar-refractivity contribution in [2.75, 3.05) is 13.2 Å². The maximum atomic E-state index is 13.6. The molecule has 4 rings (SSSR count). The van der Waals surface area contributed by atoms with Gasteiger partial charge in [0.25, 0.3) is 0 Å². The van der Waals surface area contributed by atoms with Gasteiger partial charge in [0.05, 0.1) is 30.6 Å². The van der Waals surface area contributed by atoms with Gasteiger partial charge in [-0.25, -0.2) is 0 Å². The molecule has 1 saturated carbocycles. The van der Waals surface area contributed by atoms with Crippen molar-refractivity contribution in [1.82, 2.24) is 15.5 Å². The van der Waals surface area contributed by atoms with Gasteiger partial charge in [-0.05, 0) is 32.6 Å². The Morgan fingerprint density at radius 2 is 2.00 bits per heavy atom. The lowest BCUT2D eigenvalue weighted by Crippen LogP contribution is -2.59. The second-order valence-corrected chi connectivity index (χ2v) is 10.8. The minimum atomic E-state index is -1.05. The molecule has 2 bridgehead atoms. The molecule has 0 aromatic carbocycles. The van der Waals surface area contributed by atoms with Gasteiger partial charge in [-0.1, -0.05) is 42.1 Å². The number of aliphatic hydroxyl groups is 1. The number of carbonyl (C=O) groups is 3. The van der Waals surface area contributed by atoms with Crippen molar-refractivity contribution in [2.24, 2.45) is 11.8 Å². The fourth-order valence-electron chi connectivity index (χ4n) is 6.12. The number of nitrogens with one attached hydrogen (secondary N) is 2. The first-order valence-corrected chi connectivity index (χ1v) is 12.6. The summed E-state index contributed by atoms with van der Waals surface area (Å²) in [7, 11) is 0. The summed E-state index contributed by atoms with van der Waals surface area (Å²) in [6.45, 7) is 3.99. The van der Waals surface area contributed by atoms with Crippen molar-refractivity contribution in [2.45, 2.75) is 93.5 Å². The van der Waals surface area contributed by atoms with Gasteiger partial charge < -0.3 is 25.4 Å². The Morgan fingerprint density at radius 1 is 1.29 bits per heavy atom. The highest BCUT2D eigenvalue weighted by molar-refractivity contribution is 9.09. The molecule has 9 heteroatoms. The summed E-state index contributed by atoms with van der Waals surface area (Å²) in [4.78, 5) is 41.6. The molecule has 4 aliphatic rings. The number of amides is 3. The van der Waals surface area contributed by atoms with E-state index in [4.69, 9.17) is 4.74 Å². The van der Waals surface area contributed by atoms with Crippen molar-refractivity contribution in [3.8, 4) is 0 Å². The molecule has 8 nitrogen and oxygen atoms in total. The van der Waals surface area contributed by atoms with E-state index in [-0.39, 0.29) is 35.2 Å². The number of hydrogen-bond acceptors (Lipinski definition) is 5. The van der Waals surface area contributed by atoms with Crippen LogP contribution in [0.25, 0.3) is 0 Å². The van der Waals surface area contributed by atoms with E-state index < -0.39 is 35.6 Å². The Labute approximate surface area is 191 Å². The van der Waals surface area contributed by atoms with Crippen molar-refractivity contribution in [3.63, 3.8) is 0 Å². The predicted molar refractivity (Wildman–Crippen MR) is 117 cm³/mol. The van der Waals surface area contributed by atoms with E-state index in [1.165, 1.54) is 11.3 Å². The Kier molecular flexibility index (Phi) is 6.66. The molecule has 3 saturated heterocycles. The van der Waals surface area contributed by atoms with Crippen LogP contribution in [0.1, 0.15) is 58.8 Å². The molecule has 7 atom stereocenters. The van der Waals surface area contributed by atoms with Gasteiger partial charge in [-0.3, -0.25) is 14.4 Å². The Bertz CT molecular complexity index is 730. The van der Waals surface area contributed by atoms with Gasteiger partial charge in [0.15, 0.2) is 0 Å². The Morgan fingerprint density at radius 3 is 2.65 bits per heavy atom. The molecule has 31 heavy (non-hydrogen) atoms. The summed E-state index contributed by atoms with van der Waals surface area (Å²) in [6, 6.07) is -1.28. The predicted octanol–water partition coefficient (Wildman–Crippen LogP) is 1.09. The number of halogens is 1. The topological polar surface area (TPSA) is 108 Å². The lowest BCUT2D eigenvalue weighted by molar-refractivity contribution is -0.145. The first-order valence-electron chi connectivity index (χ1n) is 11.7. The molecule has 3 amide bonds. The van der Waals surface area contributed by atoms with Crippen molar-refractivity contribution < 1.29 is 24.2 Å². The highest BCUT2D eigenvalue weighted by Crippen LogP contribution is 2.60. The van der Waals surface area contributed by atoms with Crippen LogP contribution in [0, 0.1) is 11.8 Å². The fourth-order valence-corrected chi connectivity index (χ4v) is 7.06. The third-order valence-electron chi connectivity index (χ3n) is 7.52. The van der Waals surface area contributed by atoms with Crippen LogP contribution in [0.15, 0.2) is 0 Å². The van der Waals surface area contributed by atoms with Gasteiger partial charge in [0.1, 0.15) is 11.6 Å². The van der Waals surface area contributed by atoms with E-state index in [0.717, 1.165) is 32.1 Å². The van der Waals surface area contributed by atoms with Crippen LogP contribution >= 0.6 is 15.9 Å². The number of likely N-dealkylation sites (tertiary alicyclic amines) is 1. The van der Waals surface area contributed by atoms with E-state index in [9.17, 15) is 19.5 Å². The van der Waals surface area contributed by atoms with Crippen molar-refractivity contribution >= 4 is 33.7 Å². The molecule has 0 radical (unpaired) electrons. The summed E-state index contributed by atoms with van der Waals surface area (Å²) < 4.78 is 6.42. The highest BCUT2D eigenvalue weighted by atomic mass is 79.9. The molecule has 174 valence electrons. The third kappa shape index (κ3) is 3.70. The largest absolute Gasteiger partial charge is 0.394 e. The van der Waals surface area contributed by atoms with E-state index in [1.807, 2.05) is 6.92 Å². The van der Waals surface area contributed by atoms with E-state index >= 15 is 0 Å². The van der Waals surface area contributed by atoms with Crippen LogP contribution in [0.2, 0.25) is 0 Å². The summed E-state index contributed by atoms with van der Waals surface area (Å²) in [5.74, 6) is -2.03. The van der Waals surface area contributed by atoms with E-state index in [0.29, 0.717) is 13.0 Å². The summed E-state index contributed by atoms with van der Waals surface area (Å²) in [5.41, 5.74) is -1.05. The molecule has 3 unspecified atom stereocenters. The maximum Gasteiger partial charge on any atom is 0.246 e. The molecule has 3 N–H and O–H groups in total.